The molecule has 2 nitrogen and oxygen atoms in total. The van der Waals surface area contributed by atoms with Gasteiger partial charge in [0.2, 0.25) is 0 Å². The Morgan fingerprint density at radius 3 is 2.76 bits per heavy atom. The van der Waals surface area contributed by atoms with Gasteiger partial charge in [0.1, 0.15) is 11.5 Å². The van der Waals surface area contributed by atoms with Gasteiger partial charge in [-0.2, -0.15) is 11.8 Å². The number of thioether (sulfide) groups is 1. The third-order valence-corrected chi connectivity index (χ3v) is 4.81. The van der Waals surface area contributed by atoms with Gasteiger partial charge in [0.15, 0.2) is 0 Å². The van der Waals surface area contributed by atoms with E-state index in [2.05, 4.69) is 44.5 Å². The highest BCUT2D eigenvalue weighted by atomic mass is 32.2. The summed E-state index contributed by atoms with van der Waals surface area (Å²) in [6.07, 6.45) is 3.45. The molecule has 0 aliphatic heterocycles. The van der Waals surface area contributed by atoms with E-state index in [1.165, 1.54) is 12.2 Å². The van der Waals surface area contributed by atoms with Crippen LogP contribution in [-0.4, -0.2) is 17.5 Å². The van der Waals surface area contributed by atoms with E-state index in [9.17, 15) is 0 Å². The van der Waals surface area contributed by atoms with Crippen LogP contribution in [0, 0.1) is 5.92 Å². The zero-order chi connectivity index (χ0) is 12.5. The summed E-state index contributed by atoms with van der Waals surface area (Å²) in [6, 6.07) is 4.25. The van der Waals surface area contributed by atoms with Gasteiger partial charge >= 0.3 is 0 Å². The number of hydrogen-bond acceptors (Lipinski definition) is 3. The highest BCUT2D eigenvalue weighted by Gasteiger charge is 2.36. The molecule has 1 aliphatic carbocycles. The van der Waals surface area contributed by atoms with Crippen molar-refractivity contribution in [3.05, 3.63) is 23.7 Å². The first-order chi connectivity index (χ1) is 8.02. The minimum atomic E-state index is 0.292. The first kappa shape index (κ1) is 13.0. The standard InChI is InChI=1S/C14H23NOS/c1-10-7-12(10)13-6-5-11(16-13)8-15-9-14(2,3)17-4/h5-6,10,12,15H,7-9H2,1-4H3. The summed E-state index contributed by atoms with van der Waals surface area (Å²) in [6.45, 7) is 8.63. The van der Waals surface area contributed by atoms with E-state index in [-0.39, 0.29) is 0 Å². The zero-order valence-corrected chi connectivity index (χ0v) is 12.1. The topological polar surface area (TPSA) is 25.2 Å². The number of hydrogen-bond donors (Lipinski definition) is 1. The molecule has 0 saturated heterocycles. The normalized spacial score (nSPS) is 24.0. The number of nitrogens with one attached hydrogen (secondary N) is 1. The molecule has 1 saturated carbocycles. The van der Waals surface area contributed by atoms with Gasteiger partial charge in [0.05, 0.1) is 6.54 Å². The summed E-state index contributed by atoms with van der Waals surface area (Å²) in [5.74, 6) is 3.75. The van der Waals surface area contributed by atoms with Crippen LogP contribution in [0.4, 0.5) is 0 Å². The Balaban J connectivity index is 1.78. The van der Waals surface area contributed by atoms with Gasteiger partial charge in [-0.25, -0.2) is 0 Å². The molecular weight excluding hydrogens is 230 g/mol. The second-order valence-corrected chi connectivity index (χ2v) is 7.20. The van der Waals surface area contributed by atoms with E-state index >= 15 is 0 Å². The Labute approximate surface area is 109 Å². The van der Waals surface area contributed by atoms with Gasteiger partial charge in [-0.15, -0.1) is 0 Å². The Morgan fingerprint density at radius 2 is 2.18 bits per heavy atom. The maximum absolute atomic E-state index is 5.86. The van der Waals surface area contributed by atoms with E-state index in [1.807, 2.05) is 11.8 Å². The van der Waals surface area contributed by atoms with Crippen molar-refractivity contribution in [1.82, 2.24) is 5.32 Å². The van der Waals surface area contributed by atoms with Crippen molar-refractivity contribution in [2.45, 2.75) is 44.4 Å². The minimum Gasteiger partial charge on any atom is -0.464 e. The Kier molecular flexibility index (Phi) is 3.88. The summed E-state index contributed by atoms with van der Waals surface area (Å²) < 4.78 is 6.15. The number of rotatable bonds is 6. The fourth-order valence-corrected chi connectivity index (χ4v) is 2.21. The first-order valence-electron chi connectivity index (χ1n) is 6.36. The summed E-state index contributed by atoms with van der Waals surface area (Å²) in [5, 5.41) is 3.46. The lowest BCUT2D eigenvalue weighted by Gasteiger charge is -2.21. The monoisotopic (exact) mass is 253 g/mol. The Hall–Kier alpha value is -0.410. The summed E-state index contributed by atoms with van der Waals surface area (Å²) >= 11 is 1.89. The smallest absolute Gasteiger partial charge is 0.117 e. The average Bonchev–Trinajstić information content (AvgIpc) is 2.83. The second kappa shape index (κ2) is 5.07. The van der Waals surface area contributed by atoms with Gasteiger partial charge in [0.25, 0.3) is 0 Å². The van der Waals surface area contributed by atoms with E-state index in [4.69, 9.17) is 4.42 Å². The fourth-order valence-electron chi connectivity index (χ4n) is 1.97. The SMILES string of the molecule is CSC(C)(C)CNCc1ccc(C2CC2C)o1. The maximum atomic E-state index is 5.86. The van der Waals surface area contributed by atoms with Crippen molar-refractivity contribution >= 4 is 11.8 Å². The van der Waals surface area contributed by atoms with Gasteiger partial charge in [0, 0.05) is 17.2 Å². The Bertz CT molecular complexity index is 372. The summed E-state index contributed by atoms with van der Waals surface area (Å²) in [5.41, 5.74) is 0. The summed E-state index contributed by atoms with van der Waals surface area (Å²) in [4.78, 5) is 0. The second-order valence-electron chi connectivity index (χ2n) is 5.69. The molecule has 3 heteroatoms. The lowest BCUT2D eigenvalue weighted by atomic mass is 10.2. The van der Waals surface area contributed by atoms with Crippen molar-refractivity contribution < 1.29 is 4.42 Å². The first-order valence-corrected chi connectivity index (χ1v) is 7.59. The van der Waals surface area contributed by atoms with E-state index in [0.29, 0.717) is 10.7 Å². The molecule has 2 unspecified atom stereocenters. The predicted octanol–water partition coefficient (Wildman–Crippen LogP) is 3.63. The number of furan rings is 1. The predicted molar refractivity (Wildman–Crippen MR) is 74.5 cm³/mol. The van der Waals surface area contributed by atoms with Crippen LogP contribution in [-0.2, 0) is 6.54 Å². The lowest BCUT2D eigenvalue weighted by molar-refractivity contribution is 0.439. The van der Waals surface area contributed by atoms with Gasteiger partial charge < -0.3 is 9.73 Å². The van der Waals surface area contributed by atoms with Crippen LogP contribution in [0.3, 0.4) is 0 Å². The molecule has 0 bridgehead atoms. The fraction of sp³-hybridized carbons (Fsp3) is 0.714. The Morgan fingerprint density at radius 1 is 1.47 bits per heavy atom. The largest absolute Gasteiger partial charge is 0.464 e. The molecular formula is C14H23NOS. The molecule has 1 fully saturated rings. The lowest BCUT2D eigenvalue weighted by Crippen LogP contribution is -2.31. The van der Waals surface area contributed by atoms with Crippen LogP contribution in [0.25, 0.3) is 0 Å². The van der Waals surface area contributed by atoms with Gasteiger partial charge in [-0.3, -0.25) is 0 Å². The minimum absolute atomic E-state index is 0.292. The van der Waals surface area contributed by atoms with Crippen LogP contribution in [0.1, 0.15) is 44.6 Å². The van der Waals surface area contributed by atoms with Crippen molar-refractivity contribution in [3.8, 4) is 0 Å². The highest BCUT2D eigenvalue weighted by Crippen LogP contribution is 2.47. The van der Waals surface area contributed by atoms with E-state index < -0.39 is 0 Å². The van der Waals surface area contributed by atoms with Crippen LogP contribution in [0.15, 0.2) is 16.5 Å². The van der Waals surface area contributed by atoms with Crippen LogP contribution in [0.2, 0.25) is 0 Å². The molecule has 0 amide bonds. The molecule has 2 rings (SSSR count). The zero-order valence-electron chi connectivity index (χ0n) is 11.2. The molecule has 2 atom stereocenters. The van der Waals surface area contributed by atoms with Crippen molar-refractivity contribution in [2.24, 2.45) is 5.92 Å². The maximum Gasteiger partial charge on any atom is 0.117 e. The molecule has 96 valence electrons. The summed E-state index contributed by atoms with van der Waals surface area (Å²) in [7, 11) is 0. The van der Waals surface area contributed by atoms with Crippen molar-refractivity contribution in [2.75, 3.05) is 12.8 Å². The van der Waals surface area contributed by atoms with Crippen molar-refractivity contribution in [3.63, 3.8) is 0 Å². The molecule has 0 aromatic carbocycles. The van der Waals surface area contributed by atoms with Crippen LogP contribution < -0.4 is 5.32 Å². The van der Waals surface area contributed by atoms with E-state index in [0.717, 1.165) is 24.8 Å². The van der Waals surface area contributed by atoms with Crippen molar-refractivity contribution in [1.29, 1.82) is 0 Å². The van der Waals surface area contributed by atoms with Gasteiger partial charge in [-0.05, 0) is 44.6 Å². The molecule has 0 radical (unpaired) electrons. The third-order valence-electron chi connectivity index (χ3n) is 3.56. The molecule has 1 N–H and O–H groups in total. The third kappa shape index (κ3) is 3.52. The molecule has 17 heavy (non-hydrogen) atoms. The van der Waals surface area contributed by atoms with E-state index in [1.54, 1.807) is 0 Å². The van der Waals surface area contributed by atoms with Crippen LogP contribution >= 0.6 is 11.8 Å². The van der Waals surface area contributed by atoms with Crippen LogP contribution in [0.5, 0.6) is 0 Å². The van der Waals surface area contributed by atoms with Gasteiger partial charge in [-0.1, -0.05) is 6.92 Å². The molecule has 0 spiro atoms. The highest BCUT2D eigenvalue weighted by molar-refractivity contribution is 7.99. The molecule has 1 aromatic heterocycles. The molecule has 1 heterocycles. The quantitative estimate of drug-likeness (QED) is 0.838. The molecule has 1 aliphatic rings. The molecule has 1 aromatic rings. The average molecular weight is 253 g/mol.